The van der Waals surface area contributed by atoms with E-state index >= 15 is 0 Å². The zero-order valence-electron chi connectivity index (χ0n) is 20.2. The van der Waals surface area contributed by atoms with E-state index in [9.17, 15) is 0 Å². The van der Waals surface area contributed by atoms with E-state index in [0.29, 0.717) is 18.5 Å². The molecule has 0 aliphatic carbocycles. The number of likely N-dealkylation sites (N-methyl/N-ethyl adjacent to an activating group) is 1. The number of fused-ring (bicyclic) bond motifs is 1. The highest BCUT2D eigenvalue weighted by Gasteiger charge is 2.30. The van der Waals surface area contributed by atoms with E-state index in [4.69, 9.17) is 15.5 Å². The van der Waals surface area contributed by atoms with E-state index in [2.05, 4.69) is 57.5 Å². The van der Waals surface area contributed by atoms with Crippen LogP contribution in [-0.4, -0.2) is 71.4 Å². The van der Waals surface area contributed by atoms with Gasteiger partial charge in [0.1, 0.15) is 5.75 Å². The largest absolute Gasteiger partial charge is 0.494 e. The van der Waals surface area contributed by atoms with Crippen LogP contribution in [0.3, 0.4) is 0 Å². The Labute approximate surface area is 204 Å². The third-order valence-electron chi connectivity index (χ3n) is 6.32. The van der Waals surface area contributed by atoms with Crippen LogP contribution in [0.1, 0.15) is 5.56 Å². The summed E-state index contributed by atoms with van der Waals surface area (Å²) in [5.74, 6) is 1.21. The van der Waals surface area contributed by atoms with Gasteiger partial charge in [-0.25, -0.2) is 14.5 Å². The first-order valence-electron chi connectivity index (χ1n) is 11.6. The van der Waals surface area contributed by atoms with Crippen molar-refractivity contribution in [3.63, 3.8) is 0 Å². The van der Waals surface area contributed by atoms with Gasteiger partial charge in [-0.1, -0.05) is 18.2 Å². The number of rotatable bonds is 8. The number of methoxy groups -OCH3 is 1. The molecule has 180 valence electrons. The predicted molar refractivity (Wildman–Crippen MR) is 140 cm³/mol. The number of benzene rings is 1. The number of anilines is 3. The lowest BCUT2D eigenvalue weighted by atomic mass is 10.0. The van der Waals surface area contributed by atoms with Crippen molar-refractivity contribution in [3.05, 3.63) is 66.6 Å². The summed E-state index contributed by atoms with van der Waals surface area (Å²) in [5.41, 5.74) is 11.4. The number of pyridine rings is 1. The summed E-state index contributed by atoms with van der Waals surface area (Å²) < 4.78 is 7.59. The summed E-state index contributed by atoms with van der Waals surface area (Å²) in [6.07, 6.45) is 9.50. The fraction of sp³-hybridized carbons (Fsp3) is 0.269. The molecule has 1 aliphatic heterocycles. The summed E-state index contributed by atoms with van der Waals surface area (Å²) in [6, 6.07) is 12.5. The second-order valence-electron chi connectivity index (χ2n) is 8.75. The lowest BCUT2D eigenvalue weighted by Crippen LogP contribution is -2.57. The van der Waals surface area contributed by atoms with Gasteiger partial charge in [-0.05, 0) is 43.9 Å². The Morgan fingerprint density at radius 1 is 1.23 bits per heavy atom. The van der Waals surface area contributed by atoms with E-state index in [0.717, 1.165) is 52.6 Å². The molecule has 0 amide bonds. The van der Waals surface area contributed by atoms with E-state index < -0.39 is 0 Å². The smallest absolute Gasteiger partial charge is 0.227 e. The van der Waals surface area contributed by atoms with Crippen LogP contribution in [0.4, 0.5) is 17.3 Å². The Kier molecular flexibility index (Phi) is 6.35. The van der Waals surface area contributed by atoms with Gasteiger partial charge < -0.3 is 25.6 Å². The minimum absolute atomic E-state index is 0.472. The molecule has 0 radical (unpaired) electrons. The molecule has 0 atom stereocenters. The third kappa shape index (κ3) is 4.55. The monoisotopic (exact) mass is 470 g/mol. The number of ether oxygens (including phenoxy) is 1. The van der Waals surface area contributed by atoms with Crippen molar-refractivity contribution in [1.82, 2.24) is 24.5 Å². The van der Waals surface area contributed by atoms with E-state index in [1.807, 2.05) is 47.3 Å². The maximum atomic E-state index is 5.76. The number of hydrogen-bond donors (Lipinski definition) is 2. The molecule has 4 aromatic rings. The van der Waals surface area contributed by atoms with Crippen LogP contribution in [0.25, 0.3) is 22.9 Å². The van der Waals surface area contributed by atoms with Gasteiger partial charge >= 0.3 is 0 Å². The summed E-state index contributed by atoms with van der Waals surface area (Å²) >= 11 is 0. The van der Waals surface area contributed by atoms with Crippen LogP contribution in [0.2, 0.25) is 0 Å². The average Bonchev–Trinajstić information content (AvgIpc) is 3.27. The quantitative estimate of drug-likeness (QED) is 0.405. The fourth-order valence-electron chi connectivity index (χ4n) is 4.25. The Balaban J connectivity index is 1.47. The zero-order chi connectivity index (χ0) is 24.4. The molecule has 9 nitrogen and oxygen atoms in total. The fourth-order valence-corrected chi connectivity index (χ4v) is 4.25. The van der Waals surface area contributed by atoms with Crippen molar-refractivity contribution < 1.29 is 4.74 Å². The molecule has 0 bridgehead atoms. The lowest BCUT2D eigenvalue weighted by Gasteiger charge is -2.45. The third-order valence-corrected chi connectivity index (χ3v) is 6.32. The molecular formula is C26H30N8O. The van der Waals surface area contributed by atoms with Crippen LogP contribution in [0.15, 0.2) is 61.1 Å². The maximum Gasteiger partial charge on any atom is 0.227 e. The molecule has 4 heterocycles. The van der Waals surface area contributed by atoms with Crippen molar-refractivity contribution in [2.24, 2.45) is 5.73 Å². The van der Waals surface area contributed by atoms with Crippen molar-refractivity contribution in [3.8, 4) is 17.0 Å². The van der Waals surface area contributed by atoms with E-state index in [-0.39, 0.29) is 0 Å². The average molecular weight is 471 g/mol. The van der Waals surface area contributed by atoms with Crippen molar-refractivity contribution >= 4 is 28.9 Å². The van der Waals surface area contributed by atoms with Crippen molar-refractivity contribution in [2.75, 3.05) is 51.1 Å². The Bertz CT molecular complexity index is 1360. The van der Waals surface area contributed by atoms with Crippen LogP contribution in [0.5, 0.6) is 5.75 Å². The molecule has 35 heavy (non-hydrogen) atoms. The molecule has 0 saturated carbocycles. The Morgan fingerprint density at radius 2 is 2.09 bits per heavy atom. The molecule has 5 rings (SSSR count). The van der Waals surface area contributed by atoms with E-state index in [1.165, 1.54) is 0 Å². The first kappa shape index (κ1) is 22.8. The molecule has 3 N–H and O–H groups in total. The molecule has 3 aromatic heterocycles. The molecule has 1 saturated heterocycles. The van der Waals surface area contributed by atoms with Gasteiger partial charge in [0, 0.05) is 55.4 Å². The molecule has 1 fully saturated rings. The molecule has 1 aromatic carbocycles. The van der Waals surface area contributed by atoms with E-state index in [1.54, 1.807) is 13.3 Å². The Hall–Kier alpha value is -3.95. The van der Waals surface area contributed by atoms with Gasteiger partial charge in [-0.15, -0.1) is 0 Å². The SMILES string of the molecule is COc1cc(N2CC(N(C)C)C2)c(C=CCN)cc1Nc1nccc(-c2cnn3ccccc23)n1. The number of nitrogens with zero attached hydrogens (tertiary/aromatic N) is 6. The van der Waals surface area contributed by atoms with Gasteiger partial charge in [0.2, 0.25) is 5.95 Å². The van der Waals surface area contributed by atoms with Crippen molar-refractivity contribution in [1.29, 1.82) is 0 Å². The summed E-state index contributed by atoms with van der Waals surface area (Å²) in [5, 5.41) is 7.78. The highest BCUT2D eigenvalue weighted by Crippen LogP contribution is 2.38. The Morgan fingerprint density at radius 3 is 2.86 bits per heavy atom. The molecule has 0 spiro atoms. The first-order chi connectivity index (χ1) is 17.1. The zero-order valence-corrected chi connectivity index (χ0v) is 20.2. The van der Waals surface area contributed by atoms with Crippen LogP contribution >= 0.6 is 0 Å². The molecule has 1 aliphatic rings. The second-order valence-corrected chi connectivity index (χ2v) is 8.75. The minimum Gasteiger partial charge on any atom is -0.494 e. The maximum absolute atomic E-state index is 5.76. The van der Waals surface area contributed by atoms with Crippen molar-refractivity contribution in [2.45, 2.75) is 6.04 Å². The highest BCUT2D eigenvalue weighted by atomic mass is 16.5. The van der Waals surface area contributed by atoms with Crippen LogP contribution in [0, 0.1) is 0 Å². The number of nitrogens with two attached hydrogens (primary N) is 1. The molecule has 9 heteroatoms. The summed E-state index contributed by atoms with van der Waals surface area (Å²) in [7, 11) is 5.91. The predicted octanol–water partition coefficient (Wildman–Crippen LogP) is 3.27. The van der Waals surface area contributed by atoms with Crippen LogP contribution < -0.4 is 20.7 Å². The summed E-state index contributed by atoms with van der Waals surface area (Å²) in [4.78, 5) is 13.8. The highest BCUT2D eigenvalue weighted by molar-refractivity contribution is 5.80. The molecule has 0 unspecified atom stereocenters. The summed E-state index contributed by atoms with van der Waals surface area (Å²) in [6.45, 7) is 2.41. The van der Waals surface area contributed by atoms with Gasteiger partial charge in [0.05, 0.1) is 30.2 Å². The standard InChI is InChI=1S/C26H30N8O/c1-32(2)19-16-33(17-19)24-14-25(35-3)22(13-18(24)7-6-10-27)31-26-28-11-9-21(30-26)20-15-29-34-12-5-4-8-23(20)34/h4-9,11-15,19H,10,16-17,27H2,1-3H3,(H,28,30,31). The number of hydrogen-bond acceptors (Lipinski definition) is 8. The second kappa shape index (κ2) is 9.73. The molecular weight excluding hydrogens is 440 g/mol. The number of nitrogens with one attached hydrogen (secondary N) is 1. The lowest BCUT2D eigenvalue weighted by molar-refractivity contribution is 0.247. The van der Waals surface area contributed by atoms with Crippen LogP contribution in [-0.2, 0) is 0 Å². The number of aromatic nitrogens is 4. The first-order valence-corrected chi connectivity index (χ1v) is 11.6. The van der Waals surface area contributed by atoms with Gasteiger partial charge in [-0.3, -0.25) is 0 Å². The normalized spacial score (nSPS) is 14.1. The minimum atomic E-state index is 0.472. The van der Waals surface area contributed by atoms with Gasteiger partial charge in [-0.2, -0.15) is 5.10 Å². The van der Waals surface area contributed by atoms with Gasteiger partial charge in [0.15, 0.2) is 0 Å². The topological polar surface area (TPSA) is 96.8 Å². The van der Waals surface area contributed by atoms with Gasteiger partial charge in [0.25, 0.3) is 0 Å².